The van der Waals surface area contributed by atoms with Gasteiger partial charge in [0.2, 0.25) is 0 Å². The predicted molar refractivity (Wildman–Crippen MR) is 69.9 cm³/mol. The minimum atomic E-state index is 1.09. The lowest BCUT2D eigenvalue weighted by molar-refractivity contribution is 0.527. The van der Waals surface area contributed by atoms with E-state index in [9.17, 15) is 0 Å². The monoisotopic (exact) mass is 228 g/mol. The van der Waals surface area contributed by atoms with Crippen LogP contribution in [0.25, 0.3) is 0 Å². The molecule has 4 heteroatoms. The zero-order valence-corrected chi connectivity index (χ0v) is 10.5. The molecule has 0 aliphatic carbocycles. The maximum atomic E-state index is 3.48. The molecule has 1 aliphatic rings. The Morgan fingerprint density at radius 3 is 1.06 bits per heavy atom. The van der Waals surface area contributed by atoms with Gasteiger partial charge >= 0.3 is 0 Å². The fourth-order valence-electron chi connectivity index (χ4n) is 1.85. The number of hydrogen-bond acceptors (Lipinski definition) is 4. The zero-order valence-electron chi connectivity index (χ0n) is 10.5. The molecular formula is C12H28N4. The molecule has 0 atom stereocenters. The van der Waals surface area contributed by atoms with Crippen molar-refractivity contribution in [3.8, 4) is 0 Å². The van der Waals surface area contributed by atoms with Crippen LogP contribution in [-0.4, -0.2) is 52.4 Å². The van der Waals surface area contributed by atoms with E-state index >= 15 is 0 Å². The van der Waals surface area contributed by atoms with E-state index < -0.39 is 0 Å². The summed E-state index contributed by atoms with van der Waals surface area (Å²) in [4.78, 5) is 0. The molecule has 0 aromatic heterocycles. The van der Waals surface area contributed by atoms with Crippen LogP contribution in [0.2, 0.25) is 0 Å². The van der Waals surface area contributed by atoms with Gasteiger partial charge in [0.15, 0.2) is 0 Å². The smallest absolute Gasteiger partial charge is 0.00767 e. The summed E-state index contributed by atoms with van der Waals surface area (Å²) in [6.07, 6.45) is 5.05. The van der Waals surface area contributed by atoms with Crippen molar-refractivity contribution in [1.82, 2.24) is 21.3 Å². The van der Waals surface area contributed by atoms with Crippen LogP contribution in [0, 0.1) is 0 Å². The average Bonchev–Trinajstić information content (AvgIpc) is 2.29. The maximum absolute atomic E-state index is 3.48. The lowest BCUT2D eigenvalue weighted by Gasteiger charge is -2.09. The summed E-state index contributed by atoms with van der Waals surface area (Å²) in [5, 5.41) is 13.9. The zero-order chi connectivity index (χ0) is 11.3. The Kier molecular flexibility index (Phi) is 9.84. The van der Waals surface area contributed by atoms with Gasteiger partial charge in [-0.15, -0.1) is 0 Å². The van der Waals surface area contributed by atoms with E-state index in [-0.39, 0.29) is 0 Å². The highest BCUT2D eigenvalue weighted by molar-refractivity contribution is 4.58. The standard InChI is InChI=1S/C12H28N4/c1-2-6-14-8-4-10-16-12-11-15-9-3-7-13-5-1/h13-16H,1-12H2. The minimum Gasteiger partial charge on any atom is -0.317 e. The largest absolute Gasteiger partial charge is 0.317 e. The third-order valence-corrected chi connectivity index (χ3v) is 2.85. The fraction of sp³-hybridized carbons (Fsp3) is 1.00. The van der Waals surface area contributed by atoms with E-state index in [1.807, 2.05) is 0 Å². The Balaban J connectivity index is 2.00. The molecule has 4 nitrogen and oxygen atoms in total. The number of hydrogen-bond donors (Lipinski definition) is 4. The quantitative estimate of drug-likeness (QED) is 0.468. The lowest BCUT2D eigenvalue weighted by atomic mass is 10.3. The molecule has 1 saturated heterocycles. The molecular weight excluding hydrogens is 200 g/mol. The highest BCUT2D eigenvalue weighted by Crippen LogP contribution is 1.86. The SMILES string of the molecule is C1CCNCCCNCCNCCCNC1. The second kappa shape index (κ2) is 11.3. The van der Waals surface area contributed by atoms with Gasteiger partial charge in [-0.2, -0.15) is 0 Å². The first-order chi connectivity index (χ1) is 8.00. The van der Waals surface area contributed by atoms with Crippen LogP contribution in [-0.2, 0) is 0 Å². The highest BCUT2D eigenvalue weighted by Gasteiger charge is 1.93. The Bertz CT molecular complexity index is 77.0. The van der Waals surface area contributed by atoms with Crippen LogP contribution < -0.4 is 21.3 Å². The maximum Gasteiger partial charge on any atom is 0.00767 e. The first-order valence-electron chi connectivity index (χ1n) is 6.83. The summed E-state index contributed by atoms with van der Waals surface area (Å²) < 4.78 is 0. The first-order valence-corrected chi connectivity index (χ1v) is 6.83. The van der Waals surface area contributed by atoms with Crippen molar-refractivity contribution < 1.29 is 0 Å². The Hall–Kier alpha value is -0.160. The van der Waals surface area contributed by atoms with Crippen LogP contribution in [0.15, 0.2) is 0 Å². The second-order valence-electron chi connectivity index (χ2n) is 4.41. The molecule has 1 rings (SSSR count). The molecule has 1 heterocycles. The van der Waals surface area contributed by atoms with Crippen LogP contribution in [0.4, 0.5) is 0 Å². The molecule has 0 radical (unpaired) electrons. The van der Waals surface area contributed by atoms with Crippen LogP contribution in [0.1, 0.15) is 25.7 Å². The molecule has 1 aliphatic heterocycles. The van der Waals surface area contributed by atoms with Crippen molar-refractivity contribution in [2.75, 3.05) is 52.4 Å². The van der Waals surface area contributed by atoms with Gasteiger partial charge < -0.3 is 21.3 Å². The van der Waals surface area contributed by atoms with Gasteiger partial charge in [0, 0.05) is 13.1 Å². The van der Waals surface area contributed by atoms with Gasteiger partial charge in [0.1, 0.15) is 0 Å². The molecule has 0 spiro atoms. The van der Waals surface area contributed by atoms with E-state index in [1.54, 1.807) is 0 Å². The molecule has 16 heavy (non-hydrogen) atoms. The summed E-state index contributed by atoms with van der Waals surface area (Å²) in [5.74, 6) is 0. The minimum absolute atomic E-state index is 1.09. The van der Waals surface area contributed by atoms with Crippen LogP contribution in [0.5, 0.6) is 0 Å². The molecule has 0 bridgehead atoms. The fourth-order valence-corrected chi connectivity index (χ4v) is 1.85. The molecule has 0 aromatic carbocycles. The van der Waals surface area contributed by atoms with Gasteiger partial charge in [-0.3, -0.25) is 0 Å². The normalized spacial score (nSPS) is 24.0. The third-order valence-electron chi connectivity index (χ3n) is 2.85. The van der Waals surface area contributed by atoms with E-state index in [2.05, 4.69) is 21.3 Å². The molecule has 4 N–H and O–H groups in total. The summed E-state index contributed by atoms with van der Waals surface area (Å²) in [6, 6.07) is 0. The molecule has 0 amide bonds. The van der Waals surface area contributed by atoms with Gasteiger partial charge in [-0.05, 0) is 65.0 Å². The Morgan fingerprint density at radius 2 is 0.625 bits per heavy atom. The summed E-state index contributed by atoms with van der Waals surface area (Å²) in [7, 11) is 0. The molecule has 0 unspecified atom stereocenters. The van der Waals surface area contributed by atoms with Gasteiger partial charge in [0.25, 0.3) is 0 Å². The topological polar surface area (TPSA) is 48.1 Å². The van der Waals surface area contributed by atoms with Gasteiger partial charge in [0.05, 0.1) is 0 Å². The average molecular weight is 228 g/mol. The van der Waals surface area contributed by atoms with Crippen LogP contribution in [0.3, 0.4) is 0 Å². The highest BCUT2D eigenvalue weighted by atomic mass is 14.9. The first kappa shape index (κ1) is 13.9. The molecule has 0 saturated carbocycles. The summed E-state index contributed by atoms with van der Waals surface area (Å²) >= 11 is 0. The van der Waals surface area contributed by atoms with Crippen LogP contribution >= 0.6 is 0 Å². The Labute approximate surface area is 99.9 Å². The van der Waals surface area contributed by atoms with Gasteiger partial charge in [-0.25, -0.2) is 0 Å². The molecule has 96 valence electrons. The second-order valence-corrected chi connectivity index (χ2v) is 4.41. The molecule has 0 aromatic rings. The van der Waals surface area contributed by atoms with Crippen molar-refractivity contribution in [3.05, 3.63) is 0 Å². The number of nitrogens with one attached hydrogen (secondary N) is 4. The van der Waals surface area contributed by atoms with E-state index in [0.29, 0.717) is 0 Å². The summed E-state index contributed by atoms with van der Waals surface area (Å²) in [6.45, 7) is 9.08. The summed E-state index contributed by atoms with van der Waals surface area (Å²) in [5.41, 5.74) is 0. The predicted octanol–water partition coefficient (Wildman–Crippen LogP) is -0.0812. The van der Waals surface area contributed by atoms with E-state index in [1.165, 1.54) is 38.8 Å². The van der Waals surface area contributed by atoms with Crippen molar-refractivity contribution >= 4 is 0 Å². The van der Waals surface area contributed by atoms with E-state index in [4.69, 9.17) is 0 Å². The molecule has 1 fully saturated rings. The van der Waals surface area contributed by atoms with Crippen molar-refractivity contribution in [1.29, 1.82) is 0 Å². The van der Waals surface area contributed by atoms with E-state index in [0.717, 1.165) is 39.3 Å². The van der Waals surface area contributed by atoms with Crippen molar-refractivity contribution in [3.63, 3.8) is 0 Å². The third kappa shape index (κ3) is 9.09. The Morgan fingerprint density at radius 1 is 0.312 bits per heavy atom. The number of rotatable bonds is 0. The van der Waals surface area contributed by atoms with Crippen molar-refractivity contribution in [2.45, 2.75) is 25.7 Å². The lowest BCUT2D eigenvalue weighted by Crippen LogP contribution is -2.31. The van der Waals surface area contributed by atoms with Gasteiger partial charge in [-0.1, -0.05) is 0 Å². The van der Waals surface area contributed by atoms with Crippen molar-refractivity contribution in [2.24, 2.45) is 0 Å².